The van der Waals surface area contributed by atoms with E-state index in [0.717, 1.165) is 17.8 Å². The van der Waals surface area contributed by atoms with E-state index in [-0.39, 0.29) is 12.0 Å². The van der Waals surface area contributed by atoms with Crippen molar-refractivity contribution in [2.45, 2.75) is 18.4 Å². The van der Waals surface area contributed by atoms with Gasteiger partial charge in [-0.05, 0) is 36.1 Å². The van der Waals surface area contributed by atoms with Crippen molar-refractivity contribution in [3.8, 4) is 0 Å². The molecule has 0 radical (unpaired) electrons. The quantitative estimate of drug-likeness (QED) is 0.679. The fourth-order valence-corrected chi connectivity index (χ4v) is 3.75. The minimum atomic E-state index is -0.311. The third-order valence-corrected chi connectivity index (χ3v) is 4.81. The highest BCUT2D eigenvalue weighted by atomic mass is 16.5. The second kappa shape index (κ2) is 5.54. The maximum Gasteiger partial charge on any atom is 0.339 e. The van der Waals surface area contributed by atoms with Gasteiger partial charge in [-0.1, -0.05) is 30.4 Å². The molecule has 0 bridgehead atoms. The van der Waals surface area contributed by atoms with E-state index in [1.165, 1.54) is 12.7 Å². The first-order valence-electron chi connectivity index (χ1n) is 7.85. The standard InChI is InChI=1S/C19H18N2O2/c1-23-19(22)15-9-5-7-13-12-6-4-8-14(12)18(21-17(13)15)16-10-2-3-11-20-16/h2-7,9-12,14,18,21H,8H2,1H3/t12-,14-,18+/m0/s1. The number of esters is 1. The lowest BCUT2D eigenvalue weighted by atomic mass is 9.77. The number of benzene rings is 1. The van der Waals surface area contributed by atoms with E-state index in [1.807, 2.05) is 36.5 Å². The lowest BCUT2D eigenvalue weighted by molar-refractivity contribution is 0.0601. The molecule has 0 amide bonds. The van der Waals surface area contributed by atoms with Crippen LogP contribution in [0.3, 0.4) is 0 Å². The number of nitrogens with one attached hydrogen (secondary N) is 1. The Morgan fingerprint density at radius 2 is 2.17 bits per heavy atom. The molecule has 3 atom stereocenters. The van der Waals surface area contributed by atoms with Crippen molar-refractivity contribution in [3.63, 3.8) is 0 Å². The minimum absolute atomic E-state index is 0.0921. The summed E-state index contributed by atoms with van der Waals surface area (Å²) in [5.41, 5.74) is 3.64. The number of ether oxygens (including phenoxy) is 1. The van der Waals surface area contributed by atoms with Crippen LogP contribution in [0.5, 0.6) is 0 Å². The number of anilines is 1. The Hall–Kier alpha value is -2.62. The third-order valence-electron chi connectivity index (χ3n) is 4.81. The summed E-state index contributed by atoms with van der Waals surface area (Å²) >= 11 is 0. The van der Waals surface area contributed by atoms with Gasteiger partial charge in [-0.2, -0.15) is 0 Å². The zero-order valence-electron chi connectivity index (χ0n) is 12.9. The summed E-state index contributed by atoms with van der Waals surface area (Å²) < 4.78 is 4.94. The Kier molecular flexibility index (Phi) is 3.37. The number of para-hydroxylation sites is 1. The van der Waals surface area contributed by atoms with E-state index >= 15 is 0 Å². The van der Waals surface area contributed by atoms with Crippen LogP contribution in [0, 0.1) is 5.92 Å². The molecule has 0 spiro atoms. The molecule has 2 aromatic rings. The molecule has 0 unspecified atom stereocenters. The van der Waals surface area contributed by atoms with Gasteiger partial charge in [0.25, 0.3) is 0 Å². The molecule has 116 valence electrons. The molecule has 1 aromatic carbocycles. The van der Waals surface area contributed by atoms with Gasteiger partial charge in [0, 0.05) is 12.1 Å². The highest BCUT2D eigenvalue weighted by Gasteiger charge is 2.39. The zero-order chi connectivity index (χ0) is 15.8. The number of nitrogens with zero attached hydrogens (tertiary/aromatic N) is 1. The van der Waals surface area contributed by atoms with Crippen molar-refractivity contribution in [2.24, 2.45) is 5.92 Å². The summed E-state index contributed by atoms with van der Waals surface area (Å²) in [7, 11) is 1.42. The molecule has 4 rings (SSSR count). The summed E-state index contributed by atoms with van der Waals surface area (Å²) in [6, 6.07) is 11.9. The number of allylic oxidation sites excluding steroid dienone is 2. The van der Waals surface area contributed by atoms with Gasteiger partial charge in [0.05, 0.1) is 30.1 Å². The van der Waals surface area contributed by atoms with Gasteiger partial charge >= 0.3 is 5.97 Å². The van der Waals surface area contributed by atoms with Crippen molar-refractivity contribution in [1.82, 2.24) is 4.98 Å². The number of hydrogen-bond acceptors (Lipinski definition) is 4. The highest BCUT2D eigenvalue weighted by molar-refractivity contribution is 5.97. The largest absolute Gasteiger partial charge is 0.465 e. The zero-order valence-corrected chi connectivity index (χ0v) is 12.9. The monoisotopic (exact) mass is 306 g/mol. The van der Waals surface area contributed by atoms with Crippen molar-refractivity contribution in [2.75, 3.05) is 12.4 Å². The predicted octanol–water partition coefficient (Wildman–Crippen LogP) is 3.69. The number of hydrogen-bond donors (Lipinski definition) is 1. The molecular formula is C19H18N2O2. The van der Waals surface area contributed by atoms with Crippen LogP contribution in [-0.4, -0.2) is 18.1 Å². The molecule has 1 aromatic heterocycles. The van der Waals surface area contributed by atoms with Gasteiger partial charge in [0.15, 0.2) is 0 Å². The summed E-state index contributed by atoms with van der Waals surface area (Å²) in [4.78, 5) is 16.6. The fourth-order valence-electron chi connectivity index (χ4n) is 3.75. The molecule has 0 saturated heterocycles. The number of methoxy groups -OCH3 is 1. The Bertz CT molecular complexity index is 770. The van der Waals surface area contributed by atoms with Crippen molar-refractivity contribution >= 4 is 11.7 Å². The highest BCUT2D eigenvalue weighted by Crippen LogP contribution is 2.50. The van der Waals surface area contributed by atoms with Crippen molar-refractivity contribution in [1.29, 1.82) is 0 Å². The maximum atomic E-state index is 12.1. The number of pyridine rings is 1. The number of fused-ring (bicyclic) bond motifs is 3. The van der Waals surface area contributed by atoms with Crippen LogP contribution >= 0.6 is 0 Å². The molecule has 2 heterocycles. The van der Waals surface area contributed by atoms with E-state index < -0.39 is 0 Å². The Labute approximate surface area is 135 Å². The summed E-state index contributed by atoms with van der Waals surface area (Å²) in [5.74, 6) is 0.419. The number of carbonyl (C=O) groups is 1. The van der Waals surface area contributed by atoms with Crippen LogP contribution in [0.1, 0.15) is 40.0 Å². The Balaban J connectivity index is 1.84. The molecule has 1 aliphatic heterocycles. The molecule has 4 heteroatoms. The summed E-state index contributed by atoms with van der Waals surface area (Å²) in [6.45, 7) is 0. The first kappa shape index (κ1) is 14.0. The van der Waals surface area contributed by atoms with Crippen molar-refractivity contribution < 1.29 is 9.53 Å². The van der Waals surface area contributed by atoms with Gasteiger partial charge in [-0.15, -0.1) is 0 Å². The number of aromatic nitrogens is 1. The van der Waals surface area contributed by atoms with E-state index in [9.17, 15) is 4.79 Å². The molecule has 1 N–H and O–H groups in total. The molecule has 1 aliphatic carbocycles. The predicted molar refractivity (Wildman–Crippen MR) is 88.4 cm³/mol. The Morgan fingerprint density at radius 3 is 2.96 bits per heavy atom. The second-order valence-corrected chi connectivity index (χ2v) is 5.99. The molecule has 23 heavy (non-hydrogen) atoms. The average molecular weight is 306 g/mol. The van der Waals surface area contributed by atoms with Gasteiger partial charge in [0.2, 0.25) is 0 Å². The van der Waals surface area contributed by atoms with Gasteiger partial charge in [-0.25, -0.2) is 4.79 Å². The molecule has 4 nitrogen and oxygen atoms in total. The van der Waals surface area contributed by atoms with E-state index in [2.05, 4.69) is 28.5 Å². The van der Waals surface area contributed by atoms with E-state index in [1.54, 1.807) is 0 Å². The summed E-state index contributed by atoms with van der Waals surface area (Å²) in [6.07, 6.45) is 7.31. The number of carbonyl (C=O) groups excluding carboxylic acids is 1. The van der Waals surface area contributed by atoms with Crippen LogP contribution in [-0.2, 0) is 4.74 Å². The van der Waals surface area contributed by atoms with Gasteiger partial charge in [0.1, 0.15) is 0 Å². The Morgan fingerprint density at radius 1 is 1.26 bits per heavy atom. The van der Waals surface area contributed by atoms with Gasteiger partial charge in [-0.3, -0.25) is 4.98 Å². The molecule has 0 saturated carbocycles. The van der Waals surface area contributed by atoms with E-state index in [0.29, 0.717) is 17.4 Å². The van der Waals surface area contributed by atoms with Crippen LogP contribution in [0.15, 0.2) is 54.7 Å². The third kappa shape index (κ3) is 2.22. The van der Waals surface area contributed by atoms with Crippen LogP contribution in [0.25, 0.3) is 0 Å². The normalized spacial score (nSPS) is 24.5. The number of rotatable bonds is 2. The SMILES string of the molecule is COC(=O)c1cccc2c1N[C@@H](c1ccccn1)[C@H]1CC=C[C@@H]21. The molecule has 0 fully saturated rings. The van der Waals surface area contributed by atoms with Gasteiger partial charge < -0.3 is 10.1 Å². The molecule has 2 aliphatic rings. The second-order valence-electron chi connectivity index (χ2n) is 5.99. The fraction of sp³-hybridized carbons (Fsp3) is 0.263. The maximum absolute atomic E-state index is 12.1. The van der Waals surface area contributed by atoms with Crippen LogP contribution in [0.2, 0.25) is 0 Å². The molecular weight excluding hydrogens is 288 g/mol. The van der Waals surface area contributed by atoms with Crippen LogP contribution < -0.4 is 5.32 Å². The lowest BCUT2D eigenvalue weighted by Crippen LogP contribution is -2.31. The van der Waals surface area contributed by atoms with Crippen LogP contribution in [0.4, 0.5) is 5.69 Å². The lowest BCUT2D eigenvalue weighted by Gasteiger charge is -2.37. The first-order valence-corrected chi connectivity index (χ1v) is 7.85. The summed E-state index contributed by atoms with van der Waals surface area (Å²) in [5, 5.41) is 3.57. The smallest absolute Gasteiger partial charge is 0.339 e. The van der Waals surface area contributed by atoms with Crippen molar-refractivity contribution in [3.05, 3.63) is 71.6 Å². The minimum Gasteiger partial charge on any atom is -0.465 e. The van der Waals surface area contributed by atoms with E-state index in [4.69, 9.17) is 4.74 Å². The first-order chi connectivity index (χ1) is 11.3. The topological polar surface area (TPSA) is 51.2 Å². The average Bonchev–Trinajstić information content (AvgIpc) is 3.10.